The number of carbonyl (C=O) groups is 2. The van der Waals surface area contributed by atoms with Crippen molar-refractivity contribution in [3.63, 3.8) is 0 Å². The van der Waals surface area contributed by atoms with E-state index in [9.17, 15) is 9.59 Å². The van der Waals surface area contributed by atoms with Crippen LogP contribution in [0.25, 0.3) is 0 Å². The van der Waals surface area contributed by atoms with Crippen molar-refractivity contribution in [2.24, 2.45) is 17.6 Å². The third-order valence-electron chi connectivity index (χ3n) is 3.84. The maximum Gasteiger partial charge on any atom is 0.410 e. The van der Waals surface area contributed by atoms with E-state index in [2.05, 4.69) is 0 Å². The van der Waals surface area contributed by atoms with E-state index < -0.39 is 11.6 Å². The van der Waals surface area contributed by atoms with Gasteiger partial charge in [-0.2, -0.15) is 0 Å². The predicted molar refractivity (Wildman–Crippen MR) is 86.4 cm³/mol. The van der Waals surface area contributed by atoms with E-state index in [4.69, 9.17) is 10.5 Å². The average molecular weight is 313 g/mol. The monoisotopic (exact) mass is 313 g/mol. The fraction of sp³-hybridized carbons (Fsp3) is 0.875. The molecule has 2 N–H and O–H groups in total. The normalized spacial score (nSPS) is 20.2. The van der Waals surface area contributed by atoms with Gasteiger partial charge in [0.2, 0.25) is 5.91 Å². The second-order valence-corrected chi connectivity index (χ2v) is 7.57. The minimum Gasteiger partial charge on any atom is -0.444 e. The molecule has 0 bridgehead atoms. The fourth-order valence-electron chi connectivity index (χ4n) is 2.48. The number of nitrogens with two attached hydrogens (primary N) is 1. The summed E-state index contributed by atoms with van der Waals surface area (Å²) in [5.41, 5.74) is 5.44. The standard InChI is InChI=1S/C16H31N3O3/c1-11(2)13(17)14(20)19-8-7-12(10-19)9-18(6)15(21)22-16(3,4)5/h11-13H,7-10,17H2,1-6H3/t12-,13-/m0/s1. The molecule has 22 heavy (non-hydrogen) atoms. The Morgan fingerprint density at radius 3 is 2.45 bits per heavy atom. The van der Waals surface area contributed by atoms with Gasteiger partial charge in [-0.3, -0.25) is 4.79 Å². The van der Waals surface area contributed by atoms with Crippen molar-refractivity contribution in [2.45, 2.75) is 52.7 Å². The topological polar surface area (TPSA) is 75.9 Å². The zero-order valence-corrected chi connectivity index (χ0v) is 14.8. The molecule has 2 atom stereocenters. The molecule has 128 valence electrons. The number of hydrogen-bond acceptors (Lipinski definition) is 4. The molecule has 1 rings (SSSR count). The SMILES string of the molecule is CC(C)[C@H](N)C(=O)N1CC[C@@H](CN(C)C(=O)OC(C)(C)C)C1. The zero-order chi connectivity index (χ0) is 17.1. The third-order valence-corrected chi connectivity index (χ3v) is 3.84. The van der Waals surface area contributed by atoms with E-state index in [-0.39, 0.29) is 23.8 Å². The van der Waals surface area contributed by atoms with Crippen molar-refractivity contribution in [1.82, 2.24) is 9.80 Å². The third kappa shape index (κ3) is 5.48. The first-order valence-corrected chi connectivity index (χ1v) is 7.99. The zero-order valence-electron chi connectivity index (χ0n) is 14.8. The highest BCUT2D eigenvalue weighted by Gasteiger charge is 2.32. The highest BCUT2D eigenvalue weighted by molar-refractivity contribution is 5.82. The molecule has 1 saturated heterocycles. The van der Waals surface area contributed by atoms with E-state index in [1.165, 1.54) is 0 Å². The number of carbonyl (C=O) groups excluding carboxylic acids is 2. The molecule has 0 aromatic heterocycles. The predicted octanol–water partition coefficient (Wildman–Crippen LogP) is 1.69. The lowest BCUT2D eigenvalue weighted by Crippen LogP contribution is -2.46. The number of ether oxygens (including phenoxy) is 1. The minimum atomic E-state index is -0.493. The largest absolute Gasteiger partial charge is 0.444 e. The highest BCUT2D eigenvalue weighted by atomic mass is 16.6. The van der Waals surface area contributed by atoms with Gasteiger partial charge in [0, 0.05) is 26.7 Å². The summed E-state index contributed by atoms with van der Waals surface area (Å²) in [4.78, 5) is 27.6. The second kappa shape index (κ2) is 7.31. The molecule has 0 aromatic rings. The summed E-state index contributed by atoms with van der Waals surface area (Å²) < 4.78 is 5.34. The van der Waals surface area contributed by atoms with Crippen LogP contribution in [0.4, 0.5) is 4.79 Å². The van der Waals surface area contributed by atoms with E-state index in [1.54, 1.807) is 11.9 Å². The van der Waals surface area contributed by atoms with Crippen LogP contribution in [0.3, 0.4) is 0 Å². The average Bonchev–Trinajstić information content (AvgIpc) is 2.83. The Morgan fingerprint density at radius 2 is 1.95 bits per heavy atom. The fourth-order valence-corrected chi connectivity index (χ4v) is 2.48. The summed E-state index contributed by atoms with van der Waals surface area (Å²) >= 11 is 0. The van der Waals surface area contributed by atoms with Crippen LogP contribution in [0.15, 0.2) is 0 Å². The summed E-state index contributed by atoms with van der Waals surface area (Å²) in [6.45, 7) is 11.4. The van der Waals surface area contributed by atoms with Gasteiger partial charge in [-0.1, -0.05) is 13.8 Å². The van der Waals surface area contributed by atoms with Crippen molar-refractivity contribution in [1.29, 1.82) is 0 Å². The van der Waals surface area contributed by atoms with Gasteiger partial charge in [0.05, 0.1) is 6.04 Å². The van der Waals surface area contributed by atoms with Crippen LogP contribution < -0.4 is 5.73 Å². The molecule has 0 unspecified atom stereocenters. The molecule has 0 aliphatic carbocycles. The number of rotatable bonds is 4. The van der Waals surface area contributed by atoms with Gasteiger partial charge >= 0.3 is 6.09 Å². The highest BCUT2D eigenvalue weighted by Crippen LogP contribution is 2.20. The van der Waals surface area contributed by atoms with E-state index in [0.29, 0.717) is 19.6 Å². The molecular weight excluding hydrogens is 282 g/mol. The van der Waals surface area contributed by atoms with Crippen LogP contribution in [0.2, 0.25) is 0 Å². The molecule has 0 saturated carbocycles. The molecule has 2 amide bonds. The quantitative estimate of drug-likeness (QED) is 0.857. The maximum atomic E-state index is 12.2. The van der Waals surface area contributed by atoms with Gasteiger partial charge in [0.15, 0.2) is 0 Å². The van der Waals surface area contributed by atoms with Gasteiger partial charge in [-0.15, -0.1) is 0 Å². The molecule has 6 heteroatoms. The summed E-state index contributed by atoms with van der Waals surface area (Å²) in [7, 11) is 1.73. The Balaban J connectivity index is 2.47. The Morgan fingerprint density at radius 1 is 1.36 bits per heavy atom. The van der Waals surface area contributed by atoms with Crippen LogP contribution in [-0.2, 0) is 9.53 Å². The molecular formula is C16H31N3O3. The lowest BCUT2D eigenvalue weighted by molar-refractivity contribution is -0.132. The lowest BCUT2D eigenvalue weighted by atomic mass is 10.0. The summed E-state index contributed by atoms with van der Waals surface area (Å²) in [6.07, 6.45) is 0.570. The summed E-state index contributed by atoms with van der Waals surface area (Å²) in [6, 6.07) is -0.442. The van der Waals surface area contributed by atoms with Crippen molar-refractivity contribution >= 4 is 12.0 Å². The van der Waals surface area contributed by atoms with E-state index >= 15 is 0 Å². The van der Waals surface area contributed by atoms with Crippen molar-refractivity contribution < 1.29 is 14.3 Å². The van der Waals surface area contributed by atoms with Crippen LogP contribution in [0, 0.1) is 11.8 Å². The van der Waals surface area contributed by atoms with Gasteiger partial charge in [0.1, 0.15) is 5.60 Å². The number of hydrogen-bond donors (Lipinski definition) is 1. The molecule has 1 heterocycles. The number of nitrogens with zero attached hydrogens (tertiary/aromatic N) is 2. The molecule has 0 spiro atoms. The smallest absolute Gasteiger partial charge is 0.410 e. The maximum absolute atomic E-state index is 12.2. The molecule has 1 aliphatic heterocycles. The van der Waals surface area contributed by atoms with Gasteiger partial charge in [0.25, 0.3) is 0 Å². The Labute approximate surface area is 134 Å². The first kappa shape index (κ1) is 18.7. The molecule has 0 aromatic carbocycles. The van der Waals surface area contributed by atoms with Gasteiger partial charge in [-0.25, -0.2) is 4.79 Å². The molecule has 1 aliphatic rings. The Bertz CT molecular complexity index is 404. The first-order valence-electron chi connectivity index (χ1n) is 7.99. The van der Waals surface area contributed by atoms with Crippen LogP contribution >= 0.6 is 0 Å². The van der Waals surface area contributed by atoms with Crippen LogP contribution in [0.1, 0.15) is 41.0 Å². The lowest BCUT2D eigenvalue weighted by Gasteiger charge is -2.27. The Hall–Kier alpha value is -1.30. The van der Waals surface area contributed by atoms with Crippen molar-refractivity contribution in [3.05, 3.63) is 0 Å². The summed E-state index contributed by atoms with van der Waals surface area (Å²) in [5, 5.41) is 0. The van der Waals surface area contributed by atoms with E-state index in [0.717, 1.165) is 6.42 Å². The summed E-state index contributed by atoms with van der Waals surface area (Å²) in [5.74, 6) is 0.425. The molecule has 0 radical (unpaired) electrons. The van der Waals surface area contributed by atoms with Gasteiger partial charge in [-0.05, 0) is 39.0 Å². The van der Waals surface area contributed by atoms with Crippen LogP contribution in [0.5, 0.6) is 0 Å². The molecule has 6 nitrogen and oxygen atoms in total. The van der Waals surface area contributed by atoms with Crippen molar-refractivity contribution in [3.8, 4) is 0 Å². The van der Waals surface area contributed by atoms with E-state index in [1.807, 2.05) is 39.5 Å². The van der Waals surface area contributed by atoms with Gasteiger partial charge < -0.3 is 20.3 Å². The van der Waals surface area contributed by atoms with Crippen molar-refractivity contribution in [2.75, 3.05) is 26.7 Å². The Kier molecular flexibility index (Phi) is 6.23. The second-order valence-electron chi connectivity index (χ2n) is 7.57. The first-order chi connectivity index (χ1) is 10.0. The number of likely N-dealkylation sites (tertiary alicyclic amines) is 1. The number of amides is 2. The molecule has 1 fully saturated rings. The van der Waals surface area contributed by atoms with Crippen LogP contribution in [-0.4, -0.2) is 60.1 Å². The minimum absolute atomic E-state index is 0.0115.